The molecule has 2 heterocycles. The van der Waals surface area contributed by atoms with Crippen LogP contribution in [0.3, 0.4) is 0 Å². The fourth-order valence-corrected chi connectivity index (χ4v) is 4.30. The molecule has 1 fully saturated rings. The molecule has 0 radical (unpaired) electrons. The molecule has 0 aliphatic carbocycles. The maximum Gasteiger partial charge on any atom is 0.325 e. The zero-order valence-corrected chi connectivity index (χ0v) is 17.1. The third-order valence-corrected chi connectivity index (χ3v) is 5.82. The Balaban J connectivity index is 1.66. The van der Waals surface area contributed by atoms with Gasteiger partial charge in [0.2, 0.25) is 0 Å². The van der Waals surface area contributed by atoms with Crippen molar-refractivity contribution >= 4 is 17.3 Å². The first kappa shape index (κ1) is 21.4. The molecule has 1 saturated heterocycles. The van der Waals surface area contributed by atoms with Crippen LogP contribution in [-0.2, 0) is 0 Å². The molecule has 3 atom stereocenters. The fourth-order valence-electron chi connectivity index (χ4n) is 4.30. The van der Waals surface area contributed by atoms with Crippen LogP contribution in [0.5, 0.6) is 0 Å². The standard InChI is InChI=1S/C23H24F3N3O2/c1-27-12-21(26)22(13-27)29(17-5-3-2-4-6-17)23(31)28-11-15(9-18(28)14-30)19-10-16(24)7-8-20(19)25/h2-10,18,21-22,30H,11-14H2,1H3/t18-,21-,22+/m0/s1. The van der Waals surface area contributed by atoms with Gasteiger partial charge in [-0.2, -0.15) is 0 Å². The van der Waals surface area contributed by atoms with Crippen molar-refractivity contribution in [2.45, 2.75) is 18.3 Å². The minimum atomic E-state index is -1.24. The molecule has 0 unspecified atom stereocenters. The first-order valence-corrected chi connectivity index (χ1v) is 10.1. The number of amides is 2. The van der Waals surface area contributed by atoms with Gasteiger partial charge in [-0.25, -0.2) is 18.0 Å². The number of hydrogen-bond donors (Lipinski definition) is 1. The Kier molecular flexibility index (Phi) is 6.02. The summed E-state index contributed by atoms with van der Waals surface area (Å²) in [6, 6.07) is 10.0. The smallest absolute Gasteiger partial charge is 0.325 e. The molecule has 0 bridgehead atoms. The van der Waals surface area contributed by atoms with Crippen LogP contribution in [0.2, 0.25) is 0 Å². The van der Waals surface area contributed by atoms with E-state index in [2.05, 4.69) is 0 Å². The van der Waals surface area contributed by atoms with Crippen LogP contribution in [0, 0.1) is 11.6 Å². The second-order valence-electron chi connectivity index (χ2n) is 7.99. The van der Waals surface area contributed by atoms with Crippen LogP contribution in [0.4, 0.5) is 23.7 Å². The van der Waals surface area contributed by atoms with Gasteiger partial charge in [-0.05, 0) is 43.0 Å². The lowest BCUT2D eigenvalue weighted by Gasteiger charge is -2.35. The Morgan fingerprint density at radius 2 is 1.90 bits per heavy atom. The molecule has 2 aromatic rings. The SMILES string of the molecule is CN1C[C@@H](N(C(=O)N2CC(c3cc(F)ccc3F)=C[C@H]2CO)c2ccccc2)[C@@H](F)C1. The monoisotopic (exact) mass is 431 g/mol. The summed E-state index contributed by atoms with van der Waals surface area (Å²) in [5.41, 5.74) is 0.985. The van der Waals surface area contributed by atoms with E-state index < -0.39 is 42.5 Å². The Morgan fingerprint density at radius 1 is 1.16 bits per heavy atom. The van der Waals surface area contributed by atoms with Crippen LogP contribution < -0.4 is 4.90 Å². The lowest BCUT2D eigenvalue weighted by Crippen LogP contribution is -2.54. The van der Waals surface area contributed by atoms with Gasteiger partial charge in [0, 0.05) is 30.9 Å². The minimum absolute atomic E-state index is 0.0206. The van der Waals surface area contributed by atoms with Crippen molar-refractivity contribution in [3.63, 3.8) is 0 Å². The highest BCUT2D eigenvalue weighted by atomic mass is 19.1. The largest absolute Gasteiger partial charge is 0.394 e. The van der Waals surface area contributed by atoms with Crippen LogP contribution in [0.25, 0.3) is 5.57 Å². The molecule has 5 nitrogen and oxygen atoms in total. The molecule has 4 rings (SSSR count). The summed E-state index contributed by atoms with van der Waals surface area (Å²) in [6.45, 7) is 0.159. The molecule has 0 spiro atoms. The highest BCUT2D eigenvalue weighted by Gasteiger charge is 2.42. The van der Waals surface area contributed by atoms with Gasteiger partial charge in [-0.1, -0.05) is 24.3 Å². The third kappa shape index (κ3) is 4.18. The van der Waals surface area contributed by atoms with E-state index in [1.165, 1.54) is 9.80 Å². The van der Waals surface area contributed by atoms with Crippen molar-refractivity contribution in [1.29, 1.82) is 0 Å². The van der Waals surface area contributed by atoms with Gasteiger partial charge in [-0.15, -0.1) is 0 Å². The summed E-state index contributed by atoms with van der Waals surface area (Å²) in [4.78, 5) is 18.2. The summed E-state index contributed by atoms with van der Waals surface area (Å²) in [5, 5.41) is 9.88. The van der Waals surface area contributed by atoms with Crippen molar-refractivity contribution in [1.82, 2.24) is 9.80 Å². The summed E-state index contributed by atoms with van der Waals surface area (Å²) < 4.78 is 42.8. The normalized spacial score (nSPS) is 23.8. The number of hydrogen-bond acceptors (Lipinski definition) is 3. The van der Waals surface area contributed by atoms with Gasteiger partial charge in [0.1, 0.15) is 17.8 Å². The van der Waals surface area contributed by atoms with E-state index in [0.717, 1.165) is 18.2 Å². The van der Waals surface area contributed by atoms with Crippen LogP contribution in [0.1, 0.15) is 5.56 Å². The van der Waals surface area contributed by atoms with E-state index >= 15 is 0 Å². The van der Waals surface area contributed by atoms with E-state index in [1.54, 1.807) is 43.5 Å². The van der Waals surface area contributed by atoms with E-state index in [0.29, 0.717) is 17.8 Å². The summed E-state index contributed by atoms with van der Waals surface area (Å²) in [7, 11) is 1.79. The molecule has 2 aromatic carbocycles. The first-order valence-electron chi connectivity index (χ1n) is 10.1. The highest BCUT2D eigenvalue weighted by molar-refractivity contribution is 5.95. The molecule has 0 saturated carbocycles. The lowest BCUT2D eigenvalue weighted by atomic mass is 10.1. The van der Waals surface area contributed by atoms with E-state index in [-0.39, 0.29) is 18.7 Å². The fraction of sp³-hybridized carbons (Fsp3) is 0.348. The van der Waals surface area contributed by atoms with E-state index in [1.807, 2.05) is 4.90 Å². The van der Waals surface area contributed by atoms with Gasteiger partial charge in [-0.3, -0.25) is 4.90 Å². The number of likely N-dealkylation sites (N-methyl/N-ethyl adjacent to an activating group) is 1. The van der Waals surface area contributed by atoms with Crippen LogP contribution in [-0.4, -0.2) is 72.5 Å². The second kappa shape index (κ2) is 8.72. The number of halogens is 3. The topological polar surface area (TPSA) is 47.0 Å². The molecule has 164 valence electrons. The number of rotatable bonds is 4. The lowest BCUT2D eigenvalue weighted by molar-refractivity contribution is 0.168. The predicted octanol–water partition coefficient (Wildman–Crippen LogP) is 3.30. The quantitative estimate of drug-likeness (QED) is 0.808. The number of benzene rings is 2. The second-order valence-corrected chi connectivity index (χ2v) is 7.99. The molecular weight excluding hydrogens is 407 g/mol. The average Bonchev–Trinajstić information content (AvgIpc) is 3.33. The number of likely N-dealkylation sites (tertiary alicyclic amines) is 1. The van der Waals surface area contributed by atoms with Gasteiger partial charge < -0.3 is 14.9 Å². The van der Waals surface area contributed by atoms with Gasteiger partial charge in [0.15, 0.2) is 0 Å². The molecule has 31 heavy (non-hydrogen) atoms. The Bertz CT molecular complexity index is 985. The van der Waals surface area contributed by atoms with Gasteiger partial charge in [0.05, 0.1) is 18.7 Å². The molecule has 2 aliphatic heterocycles. The molecule has 1 N–H and O–H groups in total. The molecule has 0 aromatic heterocycles. The number of nitrogens with zero attached hydrogens (tertiary/aromatic N) is 3. The third-order valence-electron chi connectivity index (χ3n) is 5.82. The van der Waals surface area contributed by atoms with Crippen LogP contribution in [0.15, 0.2) is 54.6 Å². The van der Waals surface area contributed by atoms with Crippen molar-refractivity contribution in [3.05, 3.63) is 71.8 Å². The van der Waals surface area contributed by atoms with Crippen molar-refractivity contribution in [3.8, 4) is 0 Å². The van der Waals surface area contributed by atoms with Gasteiger partial charge in [0.25, 0.3) is 0 Å². The molecule has 2 amide bonds. The Morgan fingerprint density at radius 3 is 2.55 bits per heavy atom. The van der Waals surface area contributed by atoms with Crippen molar-refractivity contribution in [2.75, 3.05) is 38.2 Å². The average molecular weight is 431 g/mol. The summed E-state index contributed by atoms with van der Waals surface area (Å²) in [6.07, 6.45) is 0.324. The molecule has 2 aliphatic rings. The summed E-state index contributed by atoms with van der Waals surface area (Å²) >= 11 is 0. The number of carbonyl (C=O) groups excluding carboxylic acids is 1. The number of aliphatic hydroxyl groups excluding tert-OH is 1. The number of para-hydroxylation sites is 1. The number of anilines is 1. The molecule has 8 heteroatoms. The first-order chi connectivity index (χ1) is 14.9. The Hall–Kier alpha value is -2.84. The van der Waals surface area contributed by atoms with Crippen LogP contribution >= 0.6 is 0 Å². The minimum Gasteiger partial charge on any atom is -0.394 e. The number of alkyl halides is 1. The van der Waals surface area contributed by atoms with E-state index in [9.17, 15) is 23.1 Å². The van der Waals surface area contributed by atoms with Gasteiger partial charge >= 0.3 is 6.03 Å². The maximum absolute atomic E-state index is 14.8. The maximum atomic E-state index is 14.8. The number of aliphatic hydroxyl groups is 1. The number of urea groups is 1. The highest BCUT2D eigenvalue weighted by Crippen LogP contribution is 2.32. The van der Waals surface area contributed by atoms with Crippen molar-refractivity contribution in [2.24, 2.45) is 0 Å². The summed E-state index contributed by atoms with van der Waals surface area (Å²) in [5.74, 6) is -1.21. The van der Waals surface area contributed by atoms with Crippen molar-refractivity contribution < 1.29 is 23.1 Å². The zero-order valence-electron chi connectivity index (χ0n) is 17.1. The zero-order chi connectivity index (χ0) is 22.1. The Labute approximate surface area is 179 Å². The molecular formula is C23H24F3N3O2. The number of carbonyl (C=O) groups is 1. The van der Waals surface area contributed by atoms with E-state index in [4.69, 9.17) is 0 Å². The predicted molar refractivity (Wildman–Crippen MR) is 112 cm³/mol.